The second-order valence-corrected chi connectivity index (χ2v) is 5.48. The minimum absolute atomic E-state index is 0. The topological polar surface area (TPSA) is 199 Å². The molecule has 0 saturated carbocycles. The number of carbonyl (C=O) groups excluding carboxylic acids is 4. The number of aromatic nitrogens is 2. The van der Waals surface area contributed by atoms with Crippen molar-refractivity contribution in [1.82, 2.24) is 20.6 Å². The van der Waals surface area contributed by atoms with Gasteiger partial charge in [-0.25, -0.2) is 14.6 Å². The van der Waals surface area contributed by atoms with Crippen LogP contribution in [0.4, 0.5) is 0 Å². The van der Waals surface area contributed by atoms with E-state index in [2.05, 4.69) is 30.3 Å². The van der Waals surface area contributed by atoms with E-state index in [4.69, 9.17) is 11.5 Å². The summed E-state index contributed by atoms with van der Waals surface area (Å²) in [4.78, 5) is 54.5. The fraction of sp³-hybridized carbons (Fsp3) is 0.188. The molecule has 0 aliphatic rings. The van der Waals surface area contributed by atoms with E-state index in [1.54, 1.807) is 0 Å². The Labute approximate surface area is 170 Å². The van der Waals surface area contributed by atoms with Crippen LogP contribution >= 0.6 is 0 Å². The number of rotatable bonds is 7. The molecule has 2 aromatic rings. The largest absolute Gasteiger partial charge is 1.00 e. The summed E-state index contributed by atoms with van der Waals surface area (Å²) in [5.74, 6) is -2.34. The number of carbonyl (C=O) groups is 4. The Balaban J connectivity index is 0.00000420. The Hall–Kier alpha value is -3.80. The predicted molar refractivity (Wildman–Crippen MR) is 96.3 cm³/mol. The van der Waals surface area contributed by atoms with Crippen LogP contribution in [0.2, 0.25) is 0 Å². The fourth-order valence-corrected chi connectivity index (χ4v) is 2.16. The van der Waals surface area contributed by atoms with E-state index in [-0.39, 0.29) is 54.2 Å². The summed E-state index contributed by atoms with van der Waals surface area (Å²) in [6, 6.07) is 5.69. The first-order valence-corrected chi connectivity index (χ1v) is 8.03. The lowest BCUT2D eigenvalue weighted by Gasteiger charge is -2.05. The number of ether oxygens (including phenoxy) is 1. The van der Waals surface area contributed by atoms with Crippen LogP contribution in [-0.2, 0) is 4.74 Å². The predicted octanol–water partition coefficient (Wildman–Crippen LogP) is -6.21. The highest BCUT2D eigenvalue weighted by atomic mass is 35.5. The van der Waals surface area contributed by atoms with Crippen molar-refractivity contribution in [1.29, 1.82) is 0 Å². The summed E-state index contributed by atoms with van der Waals surface area (Å²) in [5, 5.41) is 5.16. The molecular formula is C16H20ClN7O5. The molecule has 0 aliphatic carbocycles. The third kappa shape index (κ3) is 6.39. The second kappa shape index (κ2) is 10.5. The Bertz CT molecular complexity index is 930. The van der Waals surface area contributed by atoms with Gasteiger partial charge in [-0.15, -0.1) is 0 Å². The molecular weight excluding hydrogens is 406 g/mol. The van der Waals surface area contributed by atoms with Crippen molar-refractivity contribution in [2.45, 2.75) is 0 Å². The van der Waals surface area contributed by atoms with E-state index in [1.165, 1.54) is 31.4 Å². The van der Waals surface area contributed by atoms with Crippen LogP contribution < -0.4 is 39.5 Å². The van der Waals surface area contributed by atoms with Crippen molar-refractivity contribution in [3.05, 3.63) is 47.0 Å². The monoisotopic (exact) mass is 425 g/mol. The maximum absolute atomic E-state index is 12.0. The summed E-state index contributed by atoms with van der Waals surface area (Å²) in [6.45, 7) is 0.281. The van der Waals surface area contributed by atoms with Gasteiger partial charge in [-0.05, 0) is 24.3 Å². The fourth-order valence-electron chi connectivity index (χ4n) is 2.16. The Morgan fingerprint density at radius 1 is 0.897 bits per heavy atom. The minimum Gasteiger partial charge on any atom is -1.00 e. The quantitative estimate of drug-likeness (QED) is 0.0989. The first-order valence-electron chi connectivity index (χ1n) is 8.03. The number of H-pyrrole nitrogens is 2. The lowest BCUT2D eigenvalue weighted by molar-refractivity contribution is -0.347. The van der Waals surface area contributed by atoms with Crippen LogP contribution in [0.1, 0.15) is 42.0 Å². The number of hydrogen-bond donors (Lipinski definition) is 7. The highest BCUT2D eigenvalue weighted by Gasteiger charge is 2.14. The van der Waals surface area contributed by atoms with Crippen molar-refractivity contribution in [3.63, 3.8) is 0 Å². The first-order chi connectivity index (χ1) is 13.3. The molecule has 0 unspecified atom stereocenters. The molecule has 0 aromatic carbocycles. The SMILES string of the molecule is COC(=O)c1ccc(C(=O)NCCNC(=O)c2ccc(C(=O)[NH+]=C(N)N)[nH]2)[nH]1.[Cl-]. The van der Waals surface area contributed by atoms with Gasteiger partial charge in [0.15, 0.2) is 0 Å². The molecule has 3 amide bonds. The average Bonchev–Trinajstić information content (AvgIpc) is 3.33. The zero-order valence-corrected chi connectivity index (χ0v) is 16.1. The Kier molecular flexibility index (Phi) is 8.42. The molecule has 2 heterocycles. The van der Waals surface area contributed by atoms with Crippen LogP contribution in [0.25, 0.3) is 0 Å². The number of nitrogens with one attached hydrogen (secondary N) is 5. The molecule has 2 aromatic heterocycles. The summed E-state index contributed by atoms with van der Waals surface area (Å²) in [6.07, 6.45) is 0. The standard InChI is InChI=1S/C16H19N7O5.ClH/c1-28-15(27)11-5-4-9(22-11)13(25)20-7-6-19-12(24)8-2-3-10(21-8)14(26)23-16(17)18;/h2-5,21-22H,6-7H2,1H3,(H,19,24)(H,20,25)(H4,17,18,23,26);1H. The summed E-state index contributed by atoms with van der Waals surface area (Å²) in [5.41, 5.74) is 11.0. The van der Waals surface area contributed by atoms with Crippen molar-refractivity contribution in [2.75, 3.05) is 20.2 Å². The van der Waals surface area contributed by atoms with E-state index in [0.29, 0.717) is 0 Å². The number of guanidine groups is 1. The third-order valence-electron chi connectivity index (χ3n) is 3.47. The van der Waals surface area contributed by atoms with Gasteiger partial charge in [0.1, 0.15) is 22.8 Å². The molecule has 29 heavy (non-hydrogen) atoms. The number of aromatic amines is 2. The molecule has 12 nitrogen and oxygen atoms in total. The van der Waals surface area contributed by atoms with Crippen molar-refractivity contribution >= 4 is 29.7 Å². The lowest BCUT2D eigenvalue weighted by atomic mass is 10.4. The van der Waals surface area contributed by atoms with Crippen LogP contribution in [-0.4, -0.2) is 59.8 Å². The molecule has 13 heteroatoms. The van der Waals surface area contributed by atoms with Gasteiger partial charge in [-0.3, -0.25) is 21.1 Å². The van der Waals surface area contributed by atoms with Gasteiger partial charge >= 0.3 is 17.8 Å². The highest BCUT2D eigenvalue weighted by molar-refractivity contribution is 5.96. The van der Waals surface area contributed by atoms with E-state index >= 15 is 0 Å². The van der Waals surface area contributed by atoms with Crippen molar-refractivity contribution in [2.24, 2.45) is 11.5 Å². The molecule has 0 bridgehead atoms. The van der Waals surface area contributed by atoms with Gasteiger partial charge in [0.05, 0.1) is 7.11 Å². The summed E-state index contributed by atoms with van der Waals surface area (Å²) < 4.78 is 4.54. The number of esters is 1. The Morgan fingerprint density at radius 2 is 1.34 bits per heavy atom. The second-order valence-electron chi connectivity index (χ2n) is 5.48. The van der Waals surface area contributed by atoms with Gasteiger partial charge in [-0.2, -0.15) is 0 Å². The normalized spacial score (nSPS) is 9.69. The van der Waals surface area contributed by atoms with Crippen molar-refractivity contribution < 1.29 is 41.3 Å². The zero-order chi connectivity index (χ0) is 20.7. The molecule has 0 aliphatic heterocycles. The number of amides is 3. The number of hydrogen-bond acceptors (Lipinski definition) is 5. The van der Waals surface area contributed by atoms with Gasteiger partial charge < -0.3 is 37.7 Å². The number of nitrogens with two attached hydrogens (primary N) is 2. The number of methoxy groups -OCH3 is 1. The Morgan fingerprint density at radius 3 is 1.83 bits per heavy atom. The van der Waals surface area contributed by atoms with Crippen LogP contribution in [0.3, 0.4) is 0 Å². The van der Waals surface area contributed by atoms with Crippen LogP contribution in [0.5, 0.6) is 0 Å². The molecule has 0 radical (unpaired) electrons. The lowest BCUT2D eigenvalue weighted by Crippen LogP contribution is -3.00. The molecule has 9 N–H and O–H groups in total. The summed E-state index contributed by atoms with van der Waals surface area (Å²) in [7, 11) is 1.23. The minimum atomic E-state index is -0.586. The highest BCUT2D eigenvalue weighted by Crippen LogP contribution is 2.03. The van der Waals surface area contributed by atoms with Gasteiger partial charge in [0.25, 0.3) is 11.8 Å². The van der Waals surface area contributed by atoms with E-state index in [1.807, 2.05) is 0 Å². The van der Waals surface area contributed by atoms with E-state index in [9.17, 15) is 19.2 Å². The maximum Gasteiger partial charge on any atom is 0.354 e. The summed E-state index contributed by atoms with van der Waals surface area (Å²) >= 11 is 0. The van der Waals surface area contributed by atoms with E-state index in [0.717, 1.165) is 0 Å². The zero-order valence-electron chi connectivity index (χ0n) is 15.3. The van der Waals surface area contributed by atoms with Gasteiger partial charge in [-0.1, -0.05) is 0 Å². The third-order valence-corrected chi connectivity index (χ3v) is 3.47. The smallest absolute Gasteiger partial charge is 0.354 e. The molecule has 0 fully saturated rings. The molecule has 0 atom stereocenters. The molecule has 2 rings (SSSR count). The van der Waals surface area contributed by atoms with Crippen LogP contribution in [0.15, 0.2) is 24.3 Å². The van der Waals surface area contributed by atoms with Gasteiger partial charge in [0.2, 0.25) is 0 Å². The van der Waals surface area contributed by atoms with Crippen molar-refractivity contribution in [3.8, 4) is 0 Å². The number of halogens is 1. The molecule has 0 spiro atoms. The molecule has 156 valence electrons. The van der Waals surface area contributed by atoms with Crippen LogP contribution in [0, 0.1) is 0 Å². The molecule has 0 saturated heterocycles. The van der Waals surface area contributed by atoms with E-state index < -0.39 is 23.7 Å². The van der Waals surface area contributed by atoms with Gasteiger partial charge in [0, 0.05) is 13.1 Å². The average molecular weight is 426 g/mol. The maximum atomic E-state index is 12.0. The first kappa shape index (κ1) is 23.2.